The van der Waals surface area contributed by atoms with Crippen molar-refractivity contribution in [2.24, 2.45) is 0 Å². The van der Waals surface area contributed by atoms with Gasteiger partial charge in [-0.05, 0) is 31.2 Å². The molecule has 1 amide bonds. The first-order valence-electron chi connectivity index (χ1n) is 5.86. The van der Waals surface area contributed by atoms with Crippen molar-refractivity contribution >= 4 is 17.4 Å². The Balaban J connectivity index is 1.89. The molecule has 0 saturated heterocycles. The van der Waals surface area contributed by atoms with E-state index in [2.05, 4.69) is 10.3 Å². The zero-order valence-corrected chi connectivity index (χ0v) is 10.6. The van der Waals surface area contributed by atoms with Crippen molar-refractivity contribution in [2.75, 3.05) is 17.7 Å². The maximum atomic E-state index is 11.7. The number of carbonyl (C=O) groups excluding carboxylic acids is 1. The first-order chi connectivity index (χ1) is 9.15. The van der Waals surface area contributed by atoms with Crippen LogP contribution in [-0.4, -0.2) is 17.5 Å². The molecule has 0 radical (unpaired) electrons. The van der Waals surface area contributed by atoms with Crippen LogP contribution in [0.25, 0.3) is 0 Å². The lowest BCUT2D eigenvalue weighted by Gasteiger charge is -2.08. The molecule has 19 heavy (non-hydrogen) atoms. The summed E-state index contributed by atoms with van der Waals surface area (Å²) >= 11 is 0. The van der Waals surface area contributed by atoms with Gasteiger partial charge in [0.15, 0.2) is 6.61 Å². The number of rotatable bonds is 4. The third-order valence-corrected chi connectivity index (χ3v) is 2.51. The van der Waals surface area contributed by atoms with E-state index in [1.807, 2.05) is 18.2 Å². The molecule has 0 fully saturated rings. The van der Waals surface area contributed by atoms with Crippen molar-refractivity contribution < 1.29 is 9.53 Å². The molecule has 3 N–H and O–H groups in total. The van der Waals surface area contributed by atoms with Crippen molar-refractivity contribution in [3.8, 4) is 5.75 Å². The molecular weight excluding hydrogens is 242 g/mol. The standard InChI is InChI=1S/C14H15N3O2/c1-10-12(15)7-8-13(16-10)17-14(18)9-19-11-5-3-2-4-6-11/h2-8H,9,15H2,1H3,(H,16,17,18). The molecule has 0 bridgehead atoms. The largest absolute Gasteiger partial charge is 0.484 e. The minimum Gasteiger partial charge on any atom is -0.484 e. The highest BCUT2D eigenvalue weighted by molar-refractivity contribution is 5.91. The van der Waals surface area contributed by atoms with Crippen molar-refractivity contribution in [3.63, 3.8) is 0 Å². The van der Waals surface area contributed by atoms with Crippen LogP contribution in [-0.2, 0) is 4.79 Å². The first-order valence-corrected chi connectivity index (χ1v) is 5.86. The van der Waals surface area contributed by atoms with Crippen molar-refractivity contribution in [1.29, 1.82) is 0 Å². The number of anilines is 2. The van der Waals surface area contributed by atoms with Crippen LogP contribution >= 0.6 is 0 Å². The number of nitrogens with two attached hydrogens (primary N) is 1. The number of benzene rings is 1. The molecule has 0 spiro atoms. The Morgan fingerprint density at radius 2 is 2.00 bits per heavy atom. The summed E-state index contributed by atoms with van der Waals surface area (Å²) in [6.07, 6.45) is 0. The summed E-state index contributed by atoms with van der Waals surface area (Å²) in [6, 6.07) is 12.5. The number of nitrogens with one attached hydrogen (secondary N) is 1. The minimum atomic E-state index is -0.263. The third kappa shape index (κ3) is 3.70. The Kier molecular flexibility index (Phi) is 3.97. The average molecular weight is 257 g/mol. The normalized spacial score (nSPS) is 9.95. The highest BCUT2D eigenvalue weighted by atomic mass is 16.5. The Morgan fingerprint density at radius 3 is 2.68 bits per heavy atom. The summed E-state index contributed by atoms with van der Waals surface area (Å²) in [5, 5.41) is 2.65. The van der Waals surface area contributed by atoms with Gasteiger partial charge in [0, 0.05) is 0 Å². The summed E-state index contributed by atoms with van der Waals surface area (Å²) in [5.41, 5.74) is 6.93. The van der Waals surface area contributed by atoms with Gasteiger partial charge in [-0.15, -0.1) is 0 Å². The SMILES string of the molecule is Cc1nc(NC(=O)COc2ccccc2)ccc1N. The van der Waals surface area contributed by atoms with Gasteiger partial charge in [0.25, 0.3) is 5.91 Å². The van der Waals surface area contributed by atoms with Crippen LogP contribution in [0.2, 0.25) is 0 Å². The topological polar surface area (TPSA) is 77.2 Å². The fourth-order valence-electron chi connectivity index (χ4n) is 1.49. The van der Waals surface area contributed by atoms with E-state index >= 15 is 0 Å². The maximum absolute atomic E-state index is 11.7. The number of para-hydroxylation sites is 1. The van der Waals surface area contributed by atoms with E-state index in [9.17, 15) is 4.79 Å². The minimum absolute atomic E-state index is 0.0604. The van der Waals surface area contributed by atoms with Gasteiger partial charge >= 0.3 is 0 Å². The second-order valence-electron chi connectivity index (χ2n) is 4.02. The highest BCUT2D eigenvalue weighted by Crippen LogP contribution is 2.12. The molecule has 0 saturated carbocycles. The van der Waals surface area contributed by atoms with Crippen LogP contribution in [0.15, 0.2) is 42.5 Å². The number of aryl methyl sites for hydroxylation is 1. The van der Waals surface area contributed by atoms with Gasteiger partial charge in [-0.25, -0.2) is 4.98 Å². The molecule has 1 aromatic heterocycles. The molecular formula is C14H15N3O2. The number of pyridine rings is 1. The van der Waals surface area contributed by atoms with Crippen LogP contribution in [0, 0.1) is 6.92 Å². The van der Waals surface area contributed by atoms with Crippen LogP contribution in [0.3, 0.4) is 0 Å². The smallest absolute Gasteiger partial charge is 0.263 e. The predicted octanol–water partition coefficient (Wildman–Crippen LogP) is 1.99. The number of hydrogen-bond acceptors (Lipinski definition) is 4. The summed E-state index contributed by atoms with van der Waals surface area (Å²) in [7, 11) is 0. The molecule has 2 rings (SSSR count). The zero-order chi connectivity index (χ0) is 13.7. The molecule has 0 aliphatic rings. The molecule has 1 aromatic carbocycles. The van der Waals surface area contributed by atoms with Gasteiger partial charge in [-0.1, -0.05) is 18.2 Å². The monoisotopic (exact) mass is 257 g/mol. The van der Waals surface area contributed by atoms with Crippen LogP contribution in [0.1, 0.15) is 5.69 Å². The maximum Gasteiger partial charge on any atom is 0.263 e. The van der Waals surface area contributed by atoms with E-state index in [0.717, 1.165) is 0 Å². The molecule has 1 heterocycles. The van der Waals surface area contributed by atoms with E-state index < -0.39 is 0 Å². The van der Waals surface area contributed by atoms with Crippen LogP contribution in [0.5, 0.6) is 5.75 Å². The predicted molar refractivity (Wildman–Crippen MR) is 74.0 cm³/mol. The van der Waals surface area contributed by atoms with E-state index in [1.165, 1.54) is 0 Å². The van der Waals surface area contributed by atoms with Gasteiger partial charge in [-0.2, -0.15) is 0 Å². The van der Waals surface area contributed by atoms with Gasteiger partial charge < -0.3 is 15.8 Å². The summed E-state index contributed by atoms with van der Waals surface area (Å²) in [5.74, 6) is 0.855. The Bertz CT molecular complexity index is 570. The molecule has 0 unspecified atom stereocenters. The summed E-state index contributed by atoms with van der Waals surface area (Å²) < 4.78 is 5.33. The van der Waals surface area contributed by atoms with Gasteiger partial charge in [0.1, 0.15) is 11.6 Å². The van der Waals surface area contributed by atoms with Gasteiger partial charge in [0.05, 0.1) is 11.4 Å². The Hall–Kier alpha value is -2.56. The second-order valence-corrected chi connectivity index (χ2v) is 4.02. The Morgan fingerprint density at radius 1 is 1.26 bits per heavy atom. The Labute approximate surface area is 111 Å². The number of ether oxygens (including phenoxy) is 1. The van der Waals surface area contributed by atoms with E-state index in [1.54, 1.807) is 31.2 Å². The van der Waals surface area contributed by atoms with Crippen molar-refractivity contribution in [2.45, 2.75) is 6.92 Å². The van der Waals surface area contributed by atoms with Crippen molar-refractivity contribution in [1.82, 2.24) is 4.98 Å². The lowest BCUT2D eigenvalue weighted by Crippen LogP contribution is -2.21. The molecule has 0 aliphatic carbocycles. The molecule has 2 aromatic rings. The average Bonchev–Trinajstić information content (AvgIpc) is 2.42. The van der Waals surface area contributed by atoms with Gasteiger partial charge in [-0.3, -0.25) is 4.79 Å². The highest BCUT2D eigenvalue weighted by Gasteiger charge is 2.05. The number of nitrogens with zero attached hydrogens (tertiary/aromatic N) is 1. The lowest BCUT2D eigenvalue weighted by atomic mass is 10.3. The van der Waals surface area contributed by atoms with E-state index in [-0.39, 0.29) is 12.5 Å². The van der Waals surface area contributed by atoms with Crippen molar-refractivity contribution in [3.05, 3.63) is 48.2 Å². The number of aromatic nitrogens is 1. The molecule has 98 valence electrons. The quantitative estimate of drug-likeness (QED) is 0.878. The molecule has 5 heteroatoms. The third-order valence-electron chi connectivity index (χ3n) is 2.51. The fraction of sp³-hybridized carbons (Fsp3) is 0.143. The van der Waals surface area contributed by atoms with E-state index in [4.69, 9.17) is 10.5 Å². The number of nitrogen functional groups attached to an aromatic ring is 1. The second kappa shape index (κ2) is 5.86. The fourth-order valence-corrected chi connectivity index (χ4v) is 1.49. The molecule has 5 nitrogen and oxygen atoms in total. The number of amides is 1. The summed E-state index contributed by atoms with van der Waals surface area (Å²) in [4.78, 5) is 15.8. The number of hydrogen-bond donors (Lipinski definition) is 2. The number of carbonyl (C=O) groups is 1. The van der Waals surface area contributed by atoms with Crippen LogP contribution in [0.4, 0.5) is 11.5 Å². The molecule has 0 atom stereocenters. The van der Waals surface area contributed by atoms with E-state index in [0.29, 0.717) is 22.9 Å². The zero-order valence-electron chi connectivity index (χ0n) is 10.6. The lowest BCUT2D eigenvalue weighted by molar-refractivity contribution is -0.118. The first kappa shape index (κ1) is 12.9. The summed E-state index contributed by atoms with van der Waals surface area (Å²) in [6.45, 7) is 1.72. The van der Waals surface area contributed by atoms with Gasteiger partial charge in [0.2, 0.25) is 0 Å². The van der Waals surface area contributed by atoms with Crippen LogP contribution < -0.4 is 15.8 Å². The molecule has 0 aliphatic heterocycles.